The van der Waals surface area contributed by atoms with Gasteiger partial charge >= 0.3 is 6.18 Å². The number of nitrogens with zero attached hydrogens (tertiary/aromatic N) is 2. The average Bonchev–Trinajstić information content (AvgIpc) is 2.82. The van der Waals surface area contributed by atoms with Crippen LogP contribution in [0.15, 0.2) is 54.7 Å². The summed E-state index contributed by atoms with van der Waals surface area (Å²) in [6.45, 7) is 4.90. The van der Waals surface area contributed by atoms with Crippen LogP contribution >= 0.6 is 0 Å². The maximum atomic E-state index is 13.6. The van der Waals surface area contributed by atoms with Crippen LogP contribution in [-0.2, 0) is 12.6 Å². The molecule has 0 spiro atoms. The first kappa shape index (κ1) is 25.3. The van der Waals surface area contributed by atoms with Gasteiger partial charge in [-0.05, 0) is 61.2 Å². The molecule has 0 aliphatic rings. The number of hydrogen-bond donors (Lipinski definition) is 2. The van der Waals surface area contributed by atoms with Crippen LogP contribution in [-0.4, -0.2) is 16.6 Å². The maximum Gasteiger partial charge on any atom is 0.421 e. The molecular weight excluding hydrogens is 441 g/mol. The zero-order chi connectivity index (χ0) is 24.4. The molecule has 3 rings (SSSR count). The van der Waals surface area contributed by atoms with Crippen molar-refractivity contribution in [2.75, 3.05) is 17.2 Å². The van der Waals surface area contributed by atoms with Crippen molar-refractivity contribution in [3.8, 4) is 5.75 Å². The van der Waals surface area contributed by atoms with Gasteiger partial charge in [-0.1, -0.05) is 45.2 Å². The molecule has 1 aromatic heterocycles. The Bertz CT molecular complexity index is 1020. The minimum Gasteiger partial charge on any atom is -0.494 e. The van der Waals surface area contributed by atoms with Crippen molar-refractivity contribution >= 4 is 23.1 Å². The normalized spacial score (nSPS) is 11.3. The number of nitrogens with one attached hydrogen (secondary N) is 2. The quantitative estimate of drug-likeness (QED) is 0.262. The summed E-state index contributed by atoms with van der Waals surface area (Å²) >= 11 is 0. The Labute approximate surface area is 198 Å². The van der Waals surface area contributed by atoms with Gasteiger partial charge < -0.3 is 15.4 Å². The average molecular weight is 473 g/mol. The van der Waals surface area contributed by atoms with Crippen LogP contribution in [0.2, 0.25) is 0 Å². The van der Waals surface area contributed by atoms with Crippen molar-refractivity contribution in [1.82, 2.24) is 9.97 Å². The van der Waals surface area contributed by atoms with Gasteiger partial charge in [0, 0.05) is 17.6 Å². The van der Waals surface area contributed by atoms with Crippen molar-refractivity contribution in [1.29, 1.82) is 0 Å². The zero-order valence-corrected chi connectivity index (χ0v) is 19.6. The van der Waals surface area contributed by atoms with Crippen LogP contribution in [0.3, 0.4) is 0 Å². The first-order valence-corrected chi connectivity index (χ1v) is 11.7. The molecule has 0 fully saturated rings. The van der Waals surface area contributed by atoms with E-state index >= 15 is 0 Å². The van der Waals surface area contributed by atoms with Crippen LogP contribution in [0.4, 0.5) is 36.3 Å². The second-order valence-corrected chi connectivity index (χ2v) is 8.08. The van der Waals surface area contributed by atoms with Crippen molar-refractivity contribution in [3.05, 3.63) is 65.9 Å². The molecule has 0 saturated heterocycles. The summed E-state index contributed by atoms with van der Waals surface area (Å²) in [4.78, 5) is 7.98. The number of unbranched alkanes of at least 4 members (excludes halogenated alkanes) is 3. The Morgan fingerprint density at radius 1 is 0.824 bits per heavy atom. The molecule has 3 aromatic rings. The predicted molar refractivity (Wildman–Crippen MR) is 130 cm³/mol. The van der Waals surface area contributed by atoms with Crippen LogP contribution < -0.4 is 15.4 Å². The monoisotopic (exact) mass is 472 g/mol. The van der Waals surface area contributed by atoms with Gasteiger partial charge in [0.05, 0.1) is 6.61 Å². The number of aromatic nitrogens is 2. The third-order valence-corrected chi connectivity index (χ3v) is 5.26. The molecule has 5 nitrogen and oxygen atoms in total. The second-order valence-electron chi connectivity index (χ2n) is 8.08. The fourth-order valence-electron chi connectivity index (χ4n) is 3.32. The fourth-order valence-corrected chi connectivity index (χ4v) is 3.32. The van der Waals surface area contributed by atoms with E-state index < -0.39 is 11.7 Å². The molecule has 0 aliphatic carbocycles. The molecule has 0 atom stereocenters. The van der Waals surface area contributed by atoms with E-state index in [1.165, 1.54) is 0 Å². The number of hydrogen-bond acceptors (Lipinski definition) is 5. The minimum atomic E-state index is -4.58. The largest absolute Gasteiger partial charge is 0.494 e. The van der Waals surface area contributed by atoms with E-state index in [1.54, 1.807) is 36.4 Å². The molecule has 182 valence electrons. The van der Waals surface area contributed by atoms with Crippen LogP contribution in [0.5, 0.6) is 5.75 Å². The highest BCUT2D eigenvalue weighted by Crippen LogP contribution is 2.35. The van der Waals surface area contributed by atoms with E-state index in [2.05, 4.69) is 34.4 Å². The molecule has 0 radical (unpaired) electrons. The van der Waals surface area contributed by atoms with E-state index in [-0.39, 0.29) is 11.8 Å². The van der Waals surface area contributed by atoms with Gasteiger partial charge in [0.25, 0.3) is 0 Å². The van der Waals surface area contributed by atoms with Crippen molar-refractivity contribution in [3.63, 3.8) is 0 Å². The Hall–Kier alpha value is -3.29. The molecular formula is C26H31F3N4O. The Kier molecular flexibility index (Phi) is 9.13. The molecule has 0 amide bonds. The summed E-state index contributed by atoms with van der Waals surface area (Å²) < 4.78 is 46.3. The summed E-state index contributed by atoms with van der Waals surface area (Å²) in [7, 11) is 0. The predicted octanol–water partition coefficient (Wildman–Crippen LogP) is 7.89. The number of anilines is 4. The topological polar surface area (TPSA) is 59.1 Å². The molecule has 0 saturated carbocycles. The fraction of sp³-hybridized carbons (Fsp3) is 0.385. The lowest BCUT2D eigenvalue weighted by Crippen LogP contribution is -2.12. The van der Waals surface area contributed by atoms with Crippen molar-refractivity contribution < 1.29 is 17.9 Å². The molecule has 1 heterocycles. The van der Waals surface area contributed by atoms with Gasteiger partial charge in [0.2, 0.25) is 5.95 Å². The van der Waals surface area contributed by atoms with Crippen LogP contribution in [0.1, 0.15) is 57.1 Å². The highest BCUT2D eigenvalue weighted by molar-refractivity contribution is 5.63. The first-order valence-electron chi connectivity index (χ1n) is 11.7. The summed E-state index contributed by atoms with van der Waals surface area (Å²) in [6, 6.07) is 14.5. The number of rotatable bonds is 12. The number of benzene rings is 2. The lowest BCUT2D eigenvalue weighted by atomic mass is 10.1. The smallest absolute Gasteiger partial charge is 0.421 e. The molecule has 0 bridgehead atoms. The number of alkyl halides is 3. The second kappa shape index (κ2) is 12.3. The summed E-state index contributed by atoms with van der Waals surface area (Å²) in [5.41, 5.74) is 1.39. The van der Waals surface area contributed by atoms with Gasteiger partial charge in [-0.3, -0.25) is 0 Å². The lowest BCUT2D eigenvalue weighted by Gasteiger charge is -2.15. The molecule has 34 heavy (non-hydrogen) atoms. The number of ether oxygens (including phenoxy) is 1. The Morgan fingerprint density at radius 2 is 1.47 bits per heavy atom. The summed E-state index contributed by atoms with van der Waals surface area (Å²) in [6.07, 6.45) is 2.53. The Morgan fingerprint density at radius 3 is 2.12 bits per heavy atom. The van der Waals surface area contributed by atoms with Gasteiger partial charge in [-0.25, -0.2) is 4.98 Å². The van der Waals surface area contributed by atoms with Crippen molar-refractivity contribution in [2.45, 2.75) is 58.5 Å². The standard InChI is InChI=1S/C26H31F3N4O/c1-3-5-7-17-34-22-15-13-21(14-16-22)32-25-30-18-23(26(27,28)29)24(33-25)31-20-11-9-19(10-12-20)8-6-4-2/h9-16,18H,3-8,17H2,1-2H3,(H2,30,31,32,33). The zero-order valence-electron chi connectivity index (χ0n) is 19.6. The SMILES string of the molecule is CCCCCOc1ccc(Nc2ncc(C(F)(F)F)c(Nc3ccc(CCCC)cc3)n2)cc1. The van der Waals surface area contributed by atoms with E-state index in [0.29, 0.717) is 18.0 Å². The van der Waals surface area contributed by atoms with E-state index in [4.69, 9.17) is 4.74 Å². The third kappa shape index (κ3) is 7.64. The molecule has 2 aromatic carbocycles. The highest BCUT2D eigenvalue weighted by Gasteiger charge is 2.35. The highest BCUT2D eigenvalue weighted by atomic mass is 19.4. The van der Waals surface area contributed by atoms with E-state index in [0.717, 1.165) is 56.0 Å². The minimum absolute atomic E-state index is 0.0617. The third-order valence-electron chi connectivity index (χ3n) is 5.26. The van der Waals surface area contributed by atoms with Crippen LogP contribution in [0.25, 0.3) is 0 Å². The van der Waals surface area contributed by atoms with Gasteiger partial charge in [-0.15, -0.1) is 0 Å². The van der Waals surface area contributed by atoms with Gasteiger partial charge in [0.15, 0.2) is 0 Å². The molecule has 8 heteroatoms. The molecule has 0 unspecified atom stereocenters. The lowest BCUT2D eigenvalue weighted by molar-refractivity contribution is -0.137. The van der Waals surface area contributed by atoms with Gasteiger partial charge in [0.1, 0.15) is 17.1 Å². The summed E-state index contributed by atoms with van der Waals surface area (Å²) in [5, 5.41) is 5.76. The van der Waals surface area contributed by atoms with Crippen LogP contribution in [0, 0.1) is 0 Å². The number of halogens is 3. The maximum absolute atomic E-state index is 13.6. The van der Waals surface area contributed by atoms with Crippen molar-refractivity contribution in [2.24, 2.45) is 0 Å². The van der Waals surface area contributed by atoms with E-state index in [1.807, 2.05) is 12.1 Å². The van der Waals surface area contributed by atoms with Gasteiger partial charge in [-0.2, -0.15) is 18.2 Å². The first-order chi connectivity index (χ1) is 16.4. The number of aryl methyl sites for hydroxylation is 1. The molecule has 0 aliphatic heterocycles. The molecule has 2 N–H and O–H groups in total. The summed E-state index contributed by atoms with van der Waals surface area (Å²) in [5.74, 6) is 0.494. The Balaban J connectivity index is 1.72. The van der Waals surface area contributed by atoms with E-state index in [9.17, 15) is 13.2 Å².